The molecule has 2 aromatic rings. The van der Waals surface area contributed by atoms with E-state index in [-0.39, 0.29) is 17.5 Å². The first-order valence-corrected chi connectivity index (χ1v) is 8.05. The van der Waals surface area contributed by atoms with E-state index in [0.29, 0.717) is 25.3 Å². The molecule has 0 spiro atoms. The third kappa shape index (κ3) is 3.83. The summed E-state index contributed by atoms with van der Waals surface area (Å²) >= 11 is 0. The molecule has 2 amide bonds. The van der Waals surface area contributed by atoms with Crippen molar-refractivity contribution in [3.8, 4) is 0 Å². The van der Waals surface area contributed by atoms with E-state index in [2.05, 4.69) is 15.6 Å². The van der Waals surface area contributed by atoms with Crippen LogP contribution in [0.3, 0.4) is 0 Å². The van der Waals surface area contributed by atoms with Crippen molar-refractivity contribution in [3.05, 3.63) is 59.7 Å². The lowest BCUT2D eigenvalue weighted by Crippen LogP contribution is -2.48. The summed E-state index contributed by atoms with van der Waals surface area (Å²) in [6.07, 6.45) is 3.38. The second-order valence-electron chi connectivity index (χ2n) is 5.88. The Morgan fingerprint density at radius 1 is 1.36 bits per heavy atom. The van der Waals surface area contributed by atoms with Crippen molar-refractivity contribution < 1.29 is 14.0 Å². The molecule has 130 valence electrons. The topological polar surface area (TPSA) is 74.3 Å². The summed E-state index contributed by atoms with van der Waals surface area (Å²) in [7, 11) is 0. The lowest BCUT2D eigenvalue weighted by Gasteiger charge is -2.36. The van der Waals surface area contributed by atoms with Crippen LogP contribution in [0.15, 0.2) is 42.7 Å². The van der Waals surface area contributed by atoms with Gasteiger partial charge < -0.3 is 15.5 Å². The number of carbonyl (C=O) groups excluding carboxylic acids is 2. The van der Waals surface area contributed by atoms with Crippen molar-refractivity contribution in [2.45, 2.75) is 13.0 Å². The molecular formula is C18H19FN4O2. The highest BCUT2D eigenvalue weighted by Gasteiger charge is 2.30. The van der Waals surface area contributed by atoms with Gasteiger partial charge in [-0.25, -0.2) is 4.39 Å². The zero-order valence-electron chi connectivity index (χ0n) is 13.8. The van der Waals surface area contributed by atoms with Gasteiger partial charge in [0.2, 0.25) is 5.91 Å². The lowest BCUT2D eigenvalue weighted by atomic mass is 10.0. The van der Waals surface area contributed by atoms with Crippen molar-refractivity contribution in [1.82, 2.24) is 15.2 Å². The highest BCUT2D eigenvalue weighted by Crippen LogP contribution is 2.25. The predicted molar refractivity (Wildman–Crippen MR) is 91.6 cm³/mol. The van der Waals surface area contributed by atoms with Crippen LogP contribution in [0.4, 0.5) is 10.1 Å². The Kier molecular flexibility index (Phi) is 5.04. The van der Waals surface area contributed by atoms with Gasteiger partial charge in [-0.05, 0) is 29.8 Å². The SMILES string of the molecule is CC(=O)Nc1ccc(F)c(C(=O)N2CCNCC2c2cccnc2)c1. The number of anilines is 1. The minimum atomic E-state index is -0.609. The Bertz CT molecular complexity index is 782. The molecule has 1 aromatic carbocycles. The highest BCUT2D eigenvalue weighted by atomic mass is 19.1. The van der Waals surface area contributed by atoms with E-state index in [0.717, 1.165) is 5.56 Å². The maximum Gasteiger partial charge on any atom is 0.257 e. The van der Waals surface area contributed by atoms with Crippen molar-refractivity contribution in [2.75, 3.05) is 25.0 Å². The molecule has 1 unspecified atom stereocenters. The van der Waals surface area contributed by atoms with Crippen molar-refractivity contribution >= 4 is 17.5 Å². The van der Waals surface area contributed by atoms with Gasteiger partial charge in [0.05, 0.1) is 11.6 Å². The smallest absolute Gasteiger partial charge is 0.257 e. The standard InChI is InChI=1S/C18H19FN4O2/c1-12(24)22-14-4-5-16(19)15(9-14)18(25)23-8-7-21-11-17(23)13-3-2-6-20-10-13/h2-6,9-10,17,21H,7-8,11H2,1H3,(H,22,24). The summed E-state index contributed by atoms with van der Waals surface area (Å²) in [5.74, 6) is -1.29. The first-order valence-electron chi connectivity index (χ1n) is 8.05. The van der Waals surface area contributed by atoms with Gasteiger partial charge in [-0.3, -0.25) is 14.6 Å². The molecule has 0 bridgehead atoms. The number of benzene rings is 1. The summed E-state index contributed by atoms with van der Waals surface area (Å²) in [6, 6.07) is 7.49. The fraction of sp³-hybridized carbons (Fsp3) is 0.278. The molecule has 1 fully saturated rings. The summed E-state index contributed by atoms with van der Waals surface area (Å²) in [6.45, 7) is 3.03. The van der Waals surface area contributed by atoms with Crippen molar-refractivity contribution in [3.63, 3.8) is 0 Å². The minimum absolute atomic E-state index is 0.0537. The van der Waals surface area contributed by atoms with Crippen molar-refractivity contribution in [2.24, 2.45) is 0 Å². The number of piperazine rings is 1. The first-order chi connectivity index (χ1) is 12.1. The van der Waals surface area contributed by atoms with Crippen LogP contribution in [0, 0.1) is 5.82 Å². The molecule has 0 radical (unpaired) electrons. The Hall–Kier alpha value is -2.80. The van der Waals surface area contributed by atoms with E-state index >= 15 is 0 Å². The van der Waals surface area contributed by atoms with Crippen LogP contribution in [-0.2, 0) is 4.79 Å². The van der Waals surface area contributed by atoms with E-state index in [1.807, 2.05) is 12.1 Å². The molecule has 0 saturated carbocycles. The van der Waals surface area contributed by atoms with Crippen LogP contribution in [-0.4, -0.2) is 41.3 Å². The van der Waals surface area contributed by atoms with Crippen LogP contribution in [0.1, 0.15) is 28.9 Å². The molecule has 3 rings (SSSR count). The molecule has 1 aromatic heterocycles. The third-order valence-electron chi connectivity index (χ3n) is 4.09. The molecule has 2 N–H and O–H groups in total. The number of amides is 2. The quantitative estimate of drug-likeness (QED) is 0.894. The van der Waals surface area contributed by atoms with Gasteiger partial charge in [0.25, 0.3) is 5.91 Å². The van der Waals surface area contributed by atoms with E-state index in [1.54, 1.807) is 17.3 Å². The second-order valence-corrected chi connectivity index (χ2v) is 5.88. The van der Waals surface area contributed by atoms with Gasteiger partial charge in [0.1, 0.15) is 5.82 Å². The van der Waals surface area contributed by atoms with Gasteiger partial charge >= 0.3 is 0 Å². The van der Waals surface area contributed by atoms with Crippen LogP contribution in [0.2, 0.25) is 0 Å². The average Bonchev–Trinajstić information content (AvgIpc) is 2.63. The number of halogens is 1. The van der Waals surface area contributed by atoms with Crippen LogP contribution in [0.5, 0.6) is 0 Å². The third-order valence-corrected chi connectivity index (χ3v) is 4.09. The Balaban J connectivity index is 1.91. The number of nitrogens with zero attached hydrogens (tertiary/aromatic N) is 2. The zero-order chi connectivity index (χ0) is 17.8. The van der Waals surface area contributed by atoms with Gasteiger partial charge in [-0.15, -0.1) is 0 Å². The Labute approximate surface area is 145 Å². The summed E-state index contributed by atoms with van der Waals surface area (Å²) in [5.41, 5.74) is 1.23. The zero-order valence-corrected chi connectivity index (χ0v) is 13.8. The van der Waals surface area contributed by atoms with E-state index in [4.69, 9.17) is 0 Å². The minimum Gasteiger partial charge on any atom is -0.329 e. The van der Waals surface area contributed by atoms with Gasteiger partial charge in [0.15, 0.2) is 0 Å². The number of carbonyl (C=O) groups is 2. The molecule has 1 aliphatic rings. The number of hydrogen-bond acceptors (Lipinski definition) is 4. The summed E-state index contributed by atoms with van der Waals surface area (Å²) < 4.78 is 14.3. The van der Waals surface area contributed by atoms with Crippen LogP contribution >= 0.6 is 0 Å². The maximum atomic E-state index is 14.3. The van der Waals surface area contributed by atoms with Gasteiger partial charge in [-0.2, -0.15) is 0 Å². The molecule has 1 aliphatic heterocycles. The number of rotatable bonds is 3. The first kappa shape index (κ1) is 17.0. The monoisotopic (exact) mass is 342 g/mol. The molecule has 0 aliphatic carbocycles. The number of nitrogens with one attached hydrogen (secondary N) is 2. The Morgan fingerprint density at radius 3 is 2.92 bits per heavy atom. The number of pyridine rings is 1. The second kappa shape index (κ2) is 7.40. The molecule has 6 nitrogen and oxygen atoms in total. The van der Waals surface area contributed by atoms with E-state index < -0.39 is 11.7 Å². The largest absolute Gasteiger partial charge is 0.329 e. The normalized spacial score (nSPS) is 17.2. The lowest BCUT2D eigenvalue weighted by molar-refractivity contribution is -0.114. The Morgan fingerprint density at radius 2 is 2.20 bits per heavy atom. The van der Waals surface area contributed by atoms with Gasteiger partial charge in [0, 0.05) is 44.6 Å². The van der Waals surface area contributed by atoms with Crippen LogP contribution in [0.25, 0.3) is 0 Å². The number of aromatic nitrogens is 1. The molecular weight excluding hydrogens is 323 g/mol. The van der Waals surface area contributed by atoms with E-state index in [9.17, 15) is 14.0 Å². The fourth-order valence-electron chi connectivity index (χ4n) is 2.94. The van der Waals surface area contributed by atoms with Crippen molar-refractivity contribution in [1.29, 1.82) is 0 Å². The fourth-order valence-corrected chi connectivity index (χ4v) is 2.94. The molecule has 2 heterocycles. The maximum absolute atomic E-state index is 14.3. The van der Waals surface area contributed by atoms with Gasteiger partial charge in [-0.1, -0.05) is 6.07 Å². The molecule has 25 heavy (non-hydrogen) atoms. The highest BCUT2D eigenvalue weighted by molar-refractivity contribution is 5.97. The average molecular weight is 342 g/mol. The van der Waals surface area contributed by atoms with Crippen LogP contribution < -0.4 is 10.6 Å². The van der Waals surface area contributed by atoms with E-state index in [1.165, 1.54) is 25.1 Å². The molecule has 1 atom stereocenters. The molecule has 7 heteroatoms. The predicted octanol–water partition coefficient (Wildman–Crippen LogP) is 1.97. The summed E-state index contributed by atoms with van der Waals surface area (Å²) in [4.78, 5) is 29.9. The molecule has 1 saturated heterocycles. The number of hydrogen-bond donors (Lipinski definition) is 2. The summed E-state index contributed by atoms with van der Waals surface area (Å²) in [5, 5.41) is 5.82.